The van der Waals surface area contributed by atoms with Crippen LogP contribution in [0.2, 0.25) is 0 Å². The van der Waals surface area contributed by atoms with E-state index >= 15 is 0 Å². The Bertz CT molecular complexity index is 943. The summed E-state index contributed by atoms with van der Waals surface area (Å²) in [5.74, 6) is 0.784. The Balaban J connectivity index is 1.56. The first-order chi connectivity index (χ1) is 13.6. The third kappa shape index (κ3) is 3.70. The van der Waals surface area contributed by atoms with E-state index in [9.17, 15) is 9.59 Å². The molecule has 0 aliphatic carbocycles. The van der Waals surface area contributed by atoms with Gasteiger partial charge in [0.1, 0.15) is 5.60 Å². The van der Waals surface area contributed by atoms with Gasteiger partial charge in [-0.05, 0) is 27.7 Å². The summed E-state index contributed by atoms with van der Waals surface area (Å²) in [5.41, 5.74) is 0.969. The molecule has 0 bridgehead atoms. The number of amides is 2. The molecule has 4 heterocycles. The molecule has 156 valence electrons. The summed E-state index contributed by atoms with van der Waals surface area (Å²) in [7, 11) is 0. The molecule has 4 rings (SSSR count). The van der Waals surface area contributed by atoms with Gasteiger partial charge in [-0.2, -0.15) is 5.10 Å². The Kier molecular flexibility index (Phi) is 4.59. The summed E-state index contributed by atoms with van der Waals surface area (Å²) >= 11 is 0. The Morgan fingerprint density at radius 1 is 1.28 bits per heavy atom. The second kappa shape index (κ2) is 6.85. The van der Waals surface area contributed by atoms with Crippen LogP contribution in [0.3, 0.4) is 0 Å². The van der Waals surface area contributed by atoms with E-state index in [0.29, 0.717) is 43.5 Å². The van der Waals surface area contributed by atoms with Gasteiger partial charge in [0.25, 0.3) is 0 Å². The van der Waals surface area contributed by atoms with Gasteiger partial charge in [0.15, 0.2) is 0 Å². The number of carbonyl (C=O) groups is 2. The number of hydrogen-bond donors (Lipinski definition) is 0. The zero-order valence-corrected chi connectivity index (χ0v) is 17.4. The van der Waals surface area contributed by atoms with Crippen LogP contribution in [0, 0.1) is 6.92 Å². The quantitative estimate of drug-likeness (QED) is 0.758. The van der Waals surface area contributed by atoms with Crippen molar-refractivity contribution in [1.82, 2.24) is 24.9 Å². The van der Waals surface area contributed by atoms with E-state index in [-0.39, 0.29) is 24.0 Å². The van der Waals surface area contributed by atoms with Gasteiger partial charge in [-0.3, -0.25) is 14.4 Å². The number of hydrogen-bond acceptors (Lipinski definition) is 7. The van der Waals surface area contributed by atoms with Gasteiger partial charge in [0.2, 0.25) is 17.7 Å². The molecule has 0 spiro atoms. The normalized spacial score (nSPS) is 22.2. The first-order valence-electron chi connectivity index (χ1n) is 9.77. The maximum Gasteiger partial charge on any atom is 0.410 e. The predicted octanol–water partition coefficient (Wildman–Crippen LogP) is 2.23. The minimum atomic E-state index is -0.572. The van der Waals surface area contributed by atoms with Crippen molar-refractivity contribution in [3.05, 3.63) is 23.7 Å². The van der Waals surface area contributed by atoms with Gasteiger partial charge >= 0.3 is 6.09 Å². The van der Waals surface area contributed by atoms with Crippen molar-refractivity contribution in [1.29, 1.82) is 0 Å². The predicted molar refractivity (Wildman–Crippen MR) is 102 cm³/mol. The Labute approximate surface area is 168 Å². The fourth-order valence-electron chi connectivity index (χ4n) is 3.76. The molecule has 0 N–H and O–H groups in total. The Hall–Kier alpha value is -2.91. The molecule has 29 heavy (non-hydrogen) atoms. The summed E-state index contributed by atoms with van der Waals surface area (Å²) < 4.78 is 12.9. The molecule has 2 aromatic heterocycles. The van der Waals surface area contributed by atoms with E-state index in [2.05, 4.69) is 15.3 Å². The van der Waals surface area contributed by atoms with Crippen molar-refractivity contribution in [3.8, 4) is 0 Å². The van der Waals surface area contributed by atoms with E-state index < -0.39 is 5.60 Å². The van der Waals surface area contributed by atoms with Crippen LogP contribution in [-0.2, 0) is 22.6 Å². The highest BCUT2D eigenvalue weighted by atomic mass is 16.6. The lowest BCUT2D eigenvalue weighted by molar-refractivity contribution is -0.117. The second-order valence-corrected chi connectivity index (χ2v) is 8.68. The third-order valence-electron chi connectivity index (χ3n) is 5.15. The van der Waals surface area contributed by atoms with Gasteiger partial charge in [0.05, 0.1) is 42.6 Å². The molecule has 2 aliphatic heterocycles. The molecule has 2 aromatic rings. The van der Waals surface area contributed by atoms with Crippen molar-refractivity contribution < 1.29 is 18.7 Å². The van der Waals surface area contributed by atoms with Crippen molar-refractivity contribution in [2.45, 2.75) is 71.7 Å². The molecule has 10 nitrogen and oxygen atoms in total. The fourth-order valence-corrected chi connectivity index (χ4v) is 3.76. The highest BCUT2D eigenvalue weighted by Gasteiger charge is 2.39. The van der Waals surface area contributed by atoms with Crippen LogP contribution in [0.5, 0.6) is 0 Å². The maximum atomic E-state index is 12.7. The number of carbonyl (C=O) groups excluding carboxylic acids is 2. The van der Waals surface area contributed by atoms with E-state index in [4.69, 9.17) is 9.15 Å². The van der Waals surface area contributed by atoms with Gasteiger partial charge in [0, 0.05) is 19.9 Å². The van der Waals surface area contributed by atoms with E-state index in [1.165, 1.54) is 0 Å². The first kappa shape index (κ1) is 19.4. The summed E-state index contributed by atoms with van der Waals surface area (Å²) in [6.07, 6.45) is 1.63. The largest absolute Gasteiger partial charge is 0.444 e. The molecule has 1 unspecified atom stereocenters. The van der Waals surface area contributed by atoms with Crippen molar-refractivity contribution >= 4 is 17.7 Å². The van der Waals surface area contributed by atoms with Crippen molar-refractivity contribution in [2.24, 2.45) is 0 Å². The number of anilines is 1. The Morgan fingerprint density at radius 3 is 2.69 bits per heavy atom. The summed E-state index contributed by atoms with van der Waals surface area (Å²) in [4.78, 5) is 28.8. The second-order valence-electron chi connectivity index (χ2n) is 8.68. The number of fused-ring (bicyclic) bond motifs is 1. The third-order valence-corrected chi connectivity index (χ3v) is 5.15. The molecule has 1 fully saturated rings. The zero-order valence-electron chi connectivity index (χ0n) is 17.4. The van der Waals surface area contributed by atoms with E-state index in [0.717, 1.165) is 5.69 Å². The van der Waals surface area contributed by atoms with Crippen LogP contribution in [-0.4, -0.2) is 55.1 Å². The van der Waals surface area contributed by atoms with Gasteiger partial charge in [-0.25, -0.2) is 4.79 Å². The lowest BCUT2D eigenvalue weighted by Crippen LogP contribution is -2.47. The molecular weight excluding hydrogens is 376 g/mol. The molecule has 0 radical (unpaired) electrons. The van der Waals surface area contributed by atoms with E-state index in [1.54, 1.807) is 22.9 Å². The SMILES string of the molecule is Cc1nnc(C2CC(=O)N(c3cnn4c3CN(C(=O)OC(C)(C)C)[C@@H](C)C4)C2)o1. The smallest absolute Gasteiger partial charge is 0.410 e. The average Bonchev–Trinajstić information content (AvgIpc) is 3.30. The molecule has 0 aromatic carbocycles. The lowest BCUT2D eigenvalue weighted by atomic mass is 10.1. The van der Waals surface area contributed by atoms with E-state index in [1.807, 2.05) is 32.4 Å². The first-order valence-corrected chi connectivity index (χ1v) is 9.77. The van der Waals surface area contributed by atoms with Crippen LogP contribution in [0.4, 0.5) is 10.5 Å². The minimum Gasteiger partial charge on any atom is -0.444 e. The zero-order chi connectivity index (χ0) is 20.9. The summed E-state index contributed by atoms with van der Waals surface area (Å²) in [6, 6.07) is -0.0616. The highest BCUT2D eigenvalue weighted by molar-refractivity contribution is 5.96. The topological polar surface area (TPSA) is 107 Å². The van der Waals surface area contributed by atoms with Crippen LogP contribution in [0.25, 0.3) is 0 Å². The minimum absolute atomic E-state index is 0.0240. The molecule has 10 heteroatoms. The molecule has 2 aliphatic rings. The molecular formula is C19H26N6O4. The van der Waals surface area contributed by atoms with Crippen LogP contribution < -0.4 is 4.90 Å². The van der Waals surface area contributed by atoms with Crippen LogP contribution in [0.15, 0.2) is 10.6 Å². The summed E-state index contributed by atoms with van der Waals surface area (Å²) in [5, 5.41) is 12.4. The van der Waals surface area contributed by atoms with Crippen LogP contribution >= 0.6 is 0 Å². The number of aromatic nitrogens is 4. The number of rotatable bonds is 2. The number of aryl methyl sites for hydroxylation is 1. The molecule has 2 atom stereocenters. The van der Waals surface area contributed by atoms with Gasteiger partial charge in [-0.15, -0.1) is 10.2 Å². The maximum absolute atomic E-state index is 12.7. The Morgan fingerprint density at radius 2 is 2.03 bits per heavy atom. The lowest BCUT2D eigenvalue weighted by Gasteiger charge is -2.36. The summed E-state index contributed by atoms with van der Waals surface area (Å²) in [6.45, 7) is 10.5. The highest BCUT2D eigenvalue weighted by Crippen LogP contribution is 2.35. The van der Waals surface area contributed by atoms with Crippen molar-refractivity contribution in [2.75, 3.05) is 11.4 Å². The number of ether oxygens (including phenoxy) is 1. The van der Waals surface area contributed by atoms with Crippen molar-refractivity contribution in [3.63, 3.8) is 0 Å². The van der Waals surface area contributed by atoms with Gasteiger partial charge in [-0.1, -0.05) is 0 Å². The average molecular weight is 402 g/mol. The fraction of sp³-hybridized carbons (Fsp3) is 0.632. The standard InChI is InChI=1S/C19H26N6O4/c1-11-8-25-15(10-23(11)18(27)29-19(3,4)5)14(7-20-25)24-9-13(6-16(24)26)17-22-21-12(2)28-17/h7,11,13H,6,8-10H2,1-5H3/t11-,13?/m0/s1. The number of nitrogens with zero attached hydrogens (tertiary/aromatic N) is 6. The van der Waals surface area contributed by atoms with Crippen LogP contribution in [0.1, 0.15) is 57.5 Å². The van der Waals surface area contributed by atoms with Gasteiger partial charge < -0.3 is 14.1 Å². The molecule has 1 saturated heterocycles. The monoisotopic (exact) mass is 402 g/mol. The molecule has 0 saturated carbocycles. The molecule has 2 amide bonds.